The van der Waals surface area contributed by atoms with Gasteiger partial charge >= 0.3 is 12.1 Å². The van der Waals surface area contributed by atoms with E-state index < -0.39 is 29.4 Å². The topological polar surface area (TPSA) is 98.5 Å². The number of rotatable bonds is 6. The Balaban J connectivity index is 2.57. The van der Waals surface area contributed by atoms with Crippen LogP contribution in [0.25, 0.3) is 0 Å². The van der Waals surface area contributed by atoms with Crippen LogP contribution in [0.3, 0.4) is 0 Å². The van der Waals surface area contributed by atoms with Crippen LogP contribution >= 0.6 is 0 Å². The summed E-state index contributed by atoms with van der Waals surface area (Å²) in [5, 5.41) is 13.2. The average Bonchev–Trinajstić information content (AvgIpc) is 2.39. The smallest absolute Gasteiger partial charge is 0.376 e. The van der Waals surface area contributed by atoms with Crippen molar-refractivity contribution >= 4 is 12.1 Å². The molecule has 0 aliphatic carbocycles. The van der Waals surface area contributed by atoms with Gasteiger partial charge in [-0.1, -0.05) is 30.3 Å². The molecular weight excluding hydrogens is 264 g/mol. The first kappa shape index (κ1) is 15.6. The molecule has 0 spiro atoms. The zero-order valence-corrected chi connectivity index (χ0v) is 11.1. The SMILES string of the molecule is CCNC(=O)OC(=O)CC(Cc1ccccc1)[N+](=O)[O-]. The fourth-order valence-corrected chi connectivity index (χ4v) is 1.63. The van der Waals surface area contributed by atoms with Crippen molar-refractivity contribution in [2.75, 3.05) is 6.54 Å². The predicted molar refractivity (Wildman–Crippen MR) is 70.7 cm³/mol. The third kappa shape index (κ3) is 5.47. The lowest BCUT2D eigenvalue weighted by atomic mass is 10.0. The quantitative estimate of drug-likeness (QED) is 0.369. The van der Waals surface area contributed by atoms with E-state index >= 15 is 0 Å². The van der Waals surface area contributed by atoms with Crippen LogP contribution in [0.15, 0.2) is 30.3 Å². The minimum Gasteiger partial charge on any atom is -0.376 e. The Morgan fingerprint density at radius 2 is 2.00 bits per heavy atom. The van der Waals surface area contributed by atoms with Gasteiger partial charge in [-0.3, -0.25) is 14.9 Å². The molecular formula is C13H16N2O5. The van der Waals surface area contributed by atoms with Gasteiger partial charge in [-0.15, -0.1) is 0 Å². The van der Waals surface area contributed by atoms with Gasteiger partial charge in [0, 0.05) is 17.9 Å². The predicted octanol–water partition coefficient (Wildman–Crippen LogP) is 1.54. The summed E-state index contributed by atoms with van der Waals surface area (Å²) in [5.74, 6) is -0.909. The second kappa shape index (κ2) is 7.88. The van der Waals surface area contributed by atoms with Gasteiger partial charge < -0.3 is 10.1 Å². The second-order valence-corrected chi connectivity index (χ2v) is 4.12. The van der Waals surface area contributed by atoms with Gasteiger partial charge in [0.15, 0.2) is 0 Å². The van der Waals surface area contributed by atoms with E-state index in [1.54, 1.807) is 37.3 Å². The fraction of sp³-hybridized carbons (Fsp3) is 0.385. The number of alkyl carbamates (subject to hydrolysis) is 1. The molecule has 1 atom stereocenters. The minimum absolute atomic E-state index is 0.109. The zero-order valence-electron chi connectivity index (χ0n) is 11.1. The molecule has 108 valence electrons. The number of amides is 1. The van der Waals surface area contributed by atoms with Crippen molar-refractivity contribution in [3.8, 4) is 0 Å². The van der Waals surface area contributed by atoms with Crippen molar-refractivity contribution in [2.45, 2.75) is 25.8 Å². The Morgan fingerprint density at radius 1 is 1.35 bits per heavy atom. The highest BCUT2D eigenvalue weighted by Crippen LogP contribution is 2.09. The Labute approximate surface area is 116 Å². The average molecular weight is 280 g/mol. The van der Waals surface area contributed by atoms with Crippen LogP contribution < -0.4 is 5.32 Å². The third-order valence-corrected chi connectivity index (χ3v) is 2.54. The van der Waals surface area contributed by atoms with E-state index in [0.717, 1.165) is 5.56 Å². The molecule has 1 aromatic rings. The van der Waals surface area contributed by atoms with Gasteiger partial charge in [-0.2, -0.15) is 0 Å². The van der Waals surface area contributed by atoms with Crippen molar-refractivity contribution in [2.24, 2.45) is 0 Å². The molecule has 1 amide bonds. The molecule has 1 aromatic carbocycles. The molecule has 0 fully saturated rings. The van der Waals surface area contributed by atoms with Crippen LogP contribution in [0, 0.1) is 10.1 Å². The molecule has 0 saturated heterocycles. The summed E-state index contributed by atoms with van der Waals surface area (Å²) in [6.45, 7) is 1.98. The van der Waals surface area contributed by atoms with Crippen molar-refractivity contribution in [3.63, 3.8) is 0 Å². The summed E-state index contributed by atoms with van der Waals surface area (Å²) in [7, 11) is 0. The van der Waals surface area contributed by atoms with E-state index in [-0.39, 0.29) is 6.42 Å². The molecule has 7 nitrogen and oxygen atoms in total. The summed E-state index contributed by atoms with van der Waals surface area (Å²) >= 11 is 0. The van der Waals surface area contributed by atoms with Crippen LogP contribution in [-0.4, -0.2) is 29.6 Å². The molecule has 7 heteroatoms. The van der Waals surface area contributed by atoms with Crippen LogP contribution in [0.4, 0.5) is 4.79 Å². The summed E-state index contributed by atoms with van der Waals surface area (Å²) in [6, 6.07) is 7.70. The molecule has 1 N–H and O–H groups in total. The van der Waals surface area contributed by atoms with Gasteiger partial charge in [0.25, 0.3) is 0 Å². The first-order valence-electron chi connectivity index (χ1n) is 6.18. The largest absolute Gasteiger partial charge is 0.414 e. The maximum Gasteiger partial charge on any atom is 0.414 e. The molecule has 0 radical (unpaired) electrons. The van der Waals surface area contributed by atoms with Crippen LogP contribution in [0.5, 0.6) is 0 Å². The van der Waals surface area contributed by atoms with Gasteiger partial charge in [0.1, 0.15) is 6.42 Å². The summed E-state index contributed by atoms with van der Waals surface area (Å²) < 4.78 is 4.42. The number of benzene rings is 1. The standard InChI is InChI=1S/C13H16N2O5/c1-2-14-13(17)20-12(16)9-11(15(18)19)8-10-6-4-3-5-7-10/h3-7,11H,2,8-9H2,1H3,(H,14,17). The Kier molecular flexibility index (Phi) is 6.15. The van der Waals surface area contributed by atoms with Gasteiger partial charge in [-0.05, 0) is 12.5 Å². The van der Waals surface area contributed by atoms with E-state index in [1.807, 2.05) is 0 Å². The summed E-state index contributed by atoms with van der Waals surface area (Å²) in [4.78, 5) is 32.9. The number of carbonyl (C=O) groups excluding carboxylic acids is 2. The lowest BCUT2D eigenvalue weighted by Crippen LogP contribution is -2.31. The summed E-state index contributed by atoms with van der Waals surface area (Å²) in [5.41, 5.74) is 0.750. The fourth-order valence-electron chi connectivity index (χ4n) is 1.63. The minimum atomic E-state index is -1.11. The first-order valence-corrected chi connectivity index (χ1v) is 6.18. The number of esters is 1. The molecule has 1 rings (SSSR count). The summed E-state index contributed by atoms with van der Waals surface area (Å²) in [6.07, 6.45) is -1.23. The Bertz CT molecular complexity index is 475. The maximum atomic E-state index is 11.4. The Morgan fingerprint density at radius 3 is 2.55 bits per heavy atom. The van der Waals surface area contributed by atoms with Gasteiger partial charge in [0.2, 0.25) is 6.04 Å². The molecule has 1 unspecified atom stereocenters. The highest BCUT2D eigenvalue weighted by Gasteiger charge is 2.26. The maximum absolute atomic E-state index is 11.4. The van der Waals surface area contributed by atoms with Crippen molar-refractivity contribution in [3.05, 3.63) is 46.0 Å². The highest BCUT2D eigenvalue weighted by atomic mass is 16.6. The van der Waals surface area contributed by atoms with Crippen LogP contribution in [0.1, 0.15) is 18.9 Å². The van der Waals surface area contributed by atoms with E-state index in [1.165, 1.54) is 0 Å². The van der Waals surface area contributed by atoms with Crippen LogP contribution in [0.2, 0.25) is 0 Å². The molecule has 0 bridgehead atoms. The third-order valence-electron chi connectivity index (χ3n) is 2.54. The number of ether oxygens (including phenoxy) is 1. The number of nitrogens with zero attached hydrogens (tertiary/aromatic N) is 1. The molecule has 0 aromatic heterocycles. The lowest BCUT2D eigenvalue weighted by molar-refractivity contribution is -0.521. The molecule has 0 aliphatic rings. The lowest BCUT2D eigenvalue weighted by Gasteiger charge is -2.09. The number of hydrogen-bond donors (Lipinski definition) is 1. The molecule has 0 aliphatic heterocycles. The zero-order chi connectivity index (χ0) is 15.0. The van der Waals surface area contributed by atoms with Crippen molar-refractivity contribution in [1.29, 1.82) is 0 Å². The number of hydrogen-bond acceptors (Lipinski definition) is 5. The molecule has 0 saturated carbocycles. The van der Waals surface area contributed by atoms with Crippen molar-refractivity contribution in [1.82, 2.24) is 5.32 Å². The van der Waals surface area contributed by atoms with Crippen LogP contribution in [-0.2, 0) is 16.0 Å². The van der Waals surface area contributed by atoms with Gasteiger partial charge in [0.05, 0.1) is 0 Å². The number of nitrogens with one attached hydrogen (secondary N) is 1. The highest BCUT2D eigenvalue weighted by molar-refractivity contribution is 5.84. The monoisotopic (exact) mass is 280 g/mol. The normalized spacial score (nSPS) is 11.4. The Hall–Kier alpha value is -2.44. The molecule has 20 heavy (non-hydrogen) atoms. The van der Waals surface area contributed by atoms with E-state index in [9.17, 15) is 19.7 Å². The molecule has 0 heterocycles. The van der Waals surface area contributed by atoms with E-state index in [2.05, 4.69) is 10.1 Å². The number of nitro groups is 1. The number of carbonyl (C=O) groups is 2. The van der Waals surface area contributed by atoms with E-state index in [0.29, 0.717) is 6.54 Å². The van der Waals surface area contributed by atoms with Crippen molar-refractivity contribution < 1.29 is 19.2 Å². The first-order chi connectivity index (χ1) is 9.52. The van der Waals surface area contributed by atoms with Gasteiger partial charge in [-0.25, -0.2) is 4.79 Å². The second-order valence-electron chi connectivity index (χ2n) is 4.12. The van der Waals surface area contributed by atoms with E-state index in [4.69, 9.17) is 0 Å².